The Labute approximate surface area is 90.6 Å². The van der Waals surface area contributed by atoms with Crippen LogP contribution in [0.2, 0.25) is 0 Å². The third kappa shape index (κ3) is 1.81. The second-order valence-corrected chi connectivity index (χ2v) is 3.27. The lowest BCUT2D eigenvalue weighted by Crippen LogP contribution is -2.54. The number of hydrogen-bond donors (Lipinski definition) is 2. The number of aromatic nitrogens is 2. The molecule has 0 amide bonds. The van der Waals surface area contributed by atoms with Gasteiger partial charge < -0.3 is 10.8 Å². The van der Waals surface area contributed by atoms with Crippen LogP contribution in [0.4, 0.5) is 32.2 Å². The van der Waals surface area contributed by atoms with Crippen LogP contribution in [-0.2, 0) is 12.6 Å². The molecule has 1 aromatic heterocycles. The summed E-state index contributed by atoms with van der Waals surface area (Å²) in [5, 5.41) is 12.1. The van der Waals surface area contributed by atoms with Gasteiger partial charge in [-0.05, 0) is 0 Å². The van der Waals surface area contributed by atoms with Crippen LogP contribution in [-0.4, -0.2) is 27.2 Å². The van der Waals surface area contributed by atoms with Crippen LogP contribution in [0, 0.1) is 0 Å². The Bertz CT molecular complexity index is 406. The summed E-state index contributed by atoms with van der Waals surface area (Å²) < 4.78 is 75.1. The van der Waals surface area contributed by atoms with E-state index in [0.717, 1.165) is 7.05 Å². The molecular formula is C7H7F6N3O. The quantitative estimate of drug-likeness (QED) is 0.751. The van der Waals surface area contributed by atoms with Crippen LogP contribution in [0.3, 0.4) is 0 Å². The second kappa shape index (κ2) is 3.52. The molecule has 3 N–H and O–H groups in total. The van der Waals surface area contributed by atoms with Gasteiger partial charge >= 0.3 is 12.4 Å². The zero-order chi connectivity index (χ0) is 13.6. The fourth-order valence-corrected chi connectivity index (χ4v) is 1.19. The predicted molar refractivity (Wildman–Crippen MR) is 43.6 cm³/mol. The van der Waals surface area contributed by atoms with E-state index < -0.39 is 29.3 Å². The van der Waals surface area contributed by atoms with E-state index >= 15 is 0 Å². The summed E-state index contributed by atoms with van der Waals surface area (Å²) in [6, 6.07) is 0. The molecule has 0 unspecified atom stereocenters. The van der Waals surface area contributed by atoms with Crippen LogP contribution < -0.4 is 5.73 Å². The first-order valence-electron chi connectivity index (χ1n) is 4.06. The van der Waals surface area contributed by atoms with Gasteiger partial charge in [0.15, 0.2) is 0 Å². The van der Waals surface area contributed by atoms with Gasteiger partial charge in [-0.2, -0.15) is 31.4 Å². The van der Waals surface area contributed by atoms with Crippen molar-refractivity contribution in [1.29, 1.82) is 0 Å². The topological polar surface area (TPSA) is 64.1 Å². The van der Waals surface area contributed by atoms with Crippen LogP contribution in [0.1, 0.15) is 5.56 Å². The van der Waals surface area contributed by atoms with Gasteiger partial charge in [-0.1, -0.05) is 0 Å². The fourth-order valence-electron chi connectivity index (χ4n) is 1.19. The smallest absolute Gasteiger partial charge is 0.384 e. The molecule has 1 heterocycles. The standard InChI is InChI=1S/C7H7F6N3O/c1-16-4(14)3(2-15-16)5(17,6(8,9)10)7(11,12)13/h2,17H,14H2,1H3. The van der Waals surface area contributed by atoms with E-state index in [9.17, 15) is 26.3 Å². The summed E-state index contributed by atoms with van der Waals surface area (Å²) in [6.07, 6.45) is -11.7. The van der Waals surface area contributed by atoms with Crippen LogP contribution in [0.25, 0.3) is 0 Å². The van der Waals surface area contributed by atoms with E-state index in [4.69, 9.17) is 10.8 Å². The maximum Gasteiger partial charge on any atom is 0.430 e. The van der Waals surface area contributed by atoms with Crippen LogP contribution in [0.5, 0.6) is 0 Å². The zero-order valence-corrected chi connectivity index (χ0v) is 8.26. The van der Waals surface area contributed by atoms with E-state index in [2.05, 4.69) is 5.10 Å². The van der Waals surface area contributed by atoms with Crippen molar-refractivity contribution >= 4 is 5.82 Å². The van der Waals surface area contributed by atoms with Crippen molar-refractivity contribution in [3.05, 3.63) is 11.8 Å². The lowest BCUT2D eigenvalue weighted by atomic mass is 9.94. The average molecular weight is 263 g/mol. The molecule has 1 rings (SSSR count). The number of nitrogens with two attached hydrogens (primary N) is 1. The third-order valence-corrected chi connectivity index (χ3v) is 2.19. The number of rotatable bonds is 1. The van der Waals surface area contributed by atoms with Crippen molar-refractivity contribution in [2.75, 3.05) is 5.73 Å². The van der Waals surface area contributed by atoms with Crippen molar-refractivity contribution in [1.82, 2.24) is 9.78 Å². The molecule has 0 aliphatic carbocycles. The highest BCUT2D eigenvalue weighted by molar-refractivity contribution is 5.44. The summed E-state index contributed by atoms with van der Waals surface area (Å²) >= 11 is 0. The highest BCUT2D eigenvalue weighted by Gasteiger charge is 2.72. The Morgan fingerprint density at radius 2 is 1.59 bits per heavy atom. The number of halogens is 6. The summed E-state index contributed by atoms with van der Waals surface area (Å²) in [5.41, 5.74) is -1.55. The molecule has 0 saturated carbocycles. The first kappa shape index (κ1) is 13.6. The van der Waals surface area contributed by atoms with Crippen molar-refractivity contribution < 1.29 is 31.4 Å². The van der Waals surface area contributed by atoms with E-state index in [1.54, 1.807) is 0 Å². The normalized spacial score (nSPS) is 14.1. The van der Waals surface area contributed by atoms with Gasteiger partial charge in [0.1, 0.15) is 5.82 Å². The predicted octanol–water partition coefficient (Wildman–Crippen LogP) is 1.31. The van der Waals surface area contributed by atoms with E-state index in [-0.39, 0.29) is 6.20 Å². The van der Waals surface area contributed by atoms with E-state index in [1.807, 2.05) is 0 Å². The van der Waals surface area contributed by atoms with Crippen molar-refractivity contribution in [2.24, 2.45) is 7.05 Å². The molecule has 4 nitrogen and oxygen atoms in total. The lowest BCUT2D eigenvalue weighted by Gasteiger charge is -2.31. The molecule has 0 spiro atoms. The number of anilines is 1. The van der Waals surface area contributed by atoms with Gasteiger partial charge in [-0.15, -0.1) is 0 Å². The van der Waals surface area contributed by atoms with E-state index in [1.165, 1.54) is 0 Å². The van der Waals surface area contributed by atoms with Gasteiger partial charge in [-0.25, -0.2) is 0 Å². The maximum atomic E-state index is 12.4. The second-order valence-electron chi connectivity index (χ2n) is 3.27. The molecule has 10 heteroatoms. The SMILES string of the molecule is Cn1ncc(C(O)(C(F)(F)F)C(F)(F)F)c1N. The average Bonchev–Trinajstić information content (AvgIpc) is 2.43. The van der Waals surface area contributed by atoms with E-state index in [0.29, 0.717) is 4.68 Å². The van der Waals surface area contributed by atoms with Gasteiger partial charge in [0.05, 0.1) is 11.8 Å². The monoisotopic (exact) mass is 263 g/mol. The van der Waals surface area contributed by atoms with Crippen molar-refractivity contribution in [3.8, 4) is 0 Å². The molecule has 0 aromatic carbocycles. The Morgan fingerprint density at radius 3 is 1.82 bits per heavy atom. The Balaban J connectivity index is 3.52. The number of aryl methyl sites for hydroxylation is 1. The van der Waals surface area contributed by atoms with Crippen molar-refractivity contribution in [2.45, 2.75) is 18.0 Å². The maximum absolute atomic E-state index is 12.4. The Morgan fingerprint density at radius 1 is 1.18 bits per heavy atom. The largest absolute Gasteiger partial charge is 0.430 e. The van der Waals surface area contributed by atoms with Crippen molar-refractivity contribution in [3.63, 3.8) is 0 Å². The minimum absolute atomic E-state index is 0.232. The molecule has 0 bridgehead atoms. The summed E-state index contributed by atoms with van der Waals surface area (Å²) in [7, 11) is 1.05. The number of nitrogen functional groups attached to an aromatic ring is 1. The third-order valence-electron chi connectivity index (χ3n) is 2.19. The van der Waals surface area contributed by atoms with Crippen LogP contribution in [0.15, 0.2) is 6.20 Å². The molecule has 17 heavy (non-hydrogen) atoms. The number of nitrogens with zero attached hydrogens (tertiary/aromatic N) is 2. The number of hydrogen-bond acceptors (Lipinski definition) is 3. The highest BCUT2D eigenvalue weighted by atomic mass is 19.4. The molecule has 0 aliphatic rings. The summed E-state index contributed by atoms with van der Waals surface area (Å²) in [5.74, 6) is -0.915. The van der Waals surface area contributed by atoms with Crippen LogP contribution >= 0.6 is 0 Å². The molecule has 0 atom stereocenters. The molecule has 0 radical (unpaired) electrons. The molecular weight excluding hydrogens is 256 g/mol. The highest BCUT2D eigenvalue weighted by Crippen LogP contribution is 2.51. The molecule has 0 fully saturated rings. The van der Waals surface area contributed by atoms with Gasteiger partial charge in [-0.3, -0.25) is 4.68 Å². The number of aliphatic hydroxyl groups is 1. The minimum atomic E-state index is -5.96. The van der Waals surface area contributed by atoms with Gasteiger partial charge in [0, 0.05) is 7.05 Å². The first-order valence-corrected chi connectivity index (χ1v) is 4.06. The Kier molecular flexibility index (Phi) is 2.82. The fraction of sp³-hybridized carbons (Fsp3) is 0.571. The zero-order valence-electron chi connectivity index (χ0n) is 8.26. The number of alkyl halides is 6. The first-order chi connectivity index (χ1) is 7.43. The summed E-state index contributed by atoms with van der Waals surface area (Å²) in [4.78, 5) is 0. The summed E-state index contributed by atoms with van der Waals surface area (Å²) in [6.45, 7) is 0. The minimum Gasteiger partial charge on any atom is -0.384 e. The Hall–Kier alpha value is -1.45. The molecule has 0 saturated heterocycles. The molecule has 0 aliphatic heterocycles. The molecule has 1 aromatic rings. The lowest BCUT2D eigenvalue weighted by molar-refractivity contribution is -0.376. The van der Waals surface area contributed by atoms with Gasteiger partial charge in [0.25, 0.3) is 5.60 Å². The van der Waals surface area contributed by atoms with Gasteiger partial charge in [0.2, 0.25) is 0 Å². The molecule has 98 valence electrons.